The average molecular weight is 349 g/mol. The van der Waals surface area contributed by atoms with Gasteiger partial charge in [0.15, 0.2) is 0 Å². The van der Waals surface area contributed by atoms with Crippen molar-refractivity contribution in [1.82, 2.24) is 4.98 Å². The number of fused-ring (bicyclic) bond motifs is 1. The molecule has 0 aliphatic heterocycles. The van der Waals surface area contributed by atoms with Crippen LogP contribution in [0.4, 0.5) is 5.69 Å². The third-order valence-corrected chi connectivity index (χ3v) is 4.58. The Hall–Kier alpha value is -2.51. The highest BCUT2D eigenvalue weighted by atomic mass is 35.5. The topological polar surface area (TPSA) is 82.3 Å². The van der Waals surface area contributed by atoms with Crippen molar-refractivity contribution >= 4 is 44.8 Å². The van der Waals surface area contributed by atoms with Gasteiger partial charge in [-0.2, -0.15) is 0 Å². The zero-order valence-corrected chi connectivity index (χ0v) is 13.4. The second-order valence-electron chi connectivity index (χ2n) is 4.62. The van der Waals surface area contributed by atoms with Crippen LogP contribution >= 0.6 is 22.9 Å². The number of thiazole rings is 1. The van der Waals surface area contributed by atoms with Crippen LogP contribution in [0.5, 0.6) is 0 Å². The molecule has 6 nitrogen and oxygen atoms in total. The number of nitro benzene ring substituents is 1. The lowest BCUT2D eigenvalue weighted by Gasteiger charge is -2.00. The molecule has 0 spiro atoms. The van der Waals surface area contributed by atoms with Crippen LogP contribution in [0.2, 0.25) is 5.02 Å². The molecule has 0 N–H and O–H groups in total. The SMILES string of the molecule is COC(=O)c1ccc(-c2nc3cc(Cl)c([N+](=O)[O-])cc3s2)cc1. The first-order chi connectivity index (χ1) is 11.0. The summed E-state index contributed by atoms with van der Waals surface area (Å²) in [6.07, 6.45) is 0. The third kappa shape index (κ3) is 2.88. The van der Waals surface area contributed by atoms with Gasteiger partial charge in [-0.3, -0.25) is 10.1 Å². The Kier molecular flexibility index (Phi) is 3.97. The number of hydrogen-bond donors (Lipinski definition) is 0. The van der Waals surface area contributed by atoms with Gasteiger partial charge in [-0.05, 0) is 18.2 Å². The second-order valence-corrected chi connectivity index (χ2v) is 6.05. The molecule has 23 heavy (non-hydrogen) atoms. The molecule has 0 radical (unpaired) electrons. The molecule has 0 saturated heterocycles. The minimum atomic E-state index is -0.522. The van der Waals surface area contributed by atoms with Crippen LogP contribution < -0.4 is 0 Å². The number of carbonyl (C=O) groups excluding carboxylic acids is 1. The normalized spacial score (nSPS) is 10.7. The van der Waals surface area contributed by atoms with E-state index in [1.54, 1.807) is 24.3 Å². The van der Waals surface area contributed by atoms with Crippen molar-refractivity contribution in [3.8, 4) is 10.6 Å². The number of carbonyl (C=O) groups is 1. The summed E-state index contributed by atoms with van der Waals surface area (Å²) >= 11 is 7.22. The lowest BCUT2D eigenvalue weighted by Crippen LogP contribution is -2.00. The van der Waals surface area contributed by atoms with Crippen molar-refractivity contribution in [2.75, 3.05) is 7.11 Å². The van der Waals surface area contributed by atoms with Crippen LogP contribution in [-0.2, 0) is 4.74 Å². The molecule has 0 aliphatic rings. The van der Waals surface area contributed by atoms with Gasteiger partial charge in [-0.25, -0.2) is 9.78 Å². The summed E-state index contributed by atoms with van der Waals surface area (Å²) in [5, 5.41) is 11.7. The molecule has 1 heterocycles. The van der Waals surface area contributed by atoms with Crippen molar-refractivity contribution in [3.05, 3.63) is 57.1 Å². The Labute approximate surface area is 139 Å². The van der Waals surface area contributed by atoms with Crippen LogP contribution in [0.15, 0.2) is 36.4 Å². The number of methoxy groups -OCH3 is 1. The number of hydrogen-bond acceptors (Lipinski definition) is 6. The number of rotatable bonds is 3. The van der Waals surface area contributed by atoms with Crippen molar-refractivity contribution < 1.29 is 14.5 Å². The third-order valence-electron chi connectivity index (χ3n) is 3.21. The molecule has 0 saturated carbocycles. The second kappa shape index (κ2) is 5.94. The molecule has 3 aromatic rings. The van der Waals surface area contributed by atoms with Gasteiger partial charge in [-0.1, -0.05) is 23.7 Å². The number of benzene rings is 2. The smallest absolute Gasteiger partial charge is 0.337 e. The highest BCUT2D eigenvalue weighted by molar-refractivity contribution is 7.21. The molecule has 1 aromatic heterocycles. The first-order valence-corrected chi connectivity index (χ1v) is 7.62. The Balaban J connectivity index is 2.03. The Morgan fingerprint density at radius 3 is 2.61 bits per heavy atom. The molecular weight excluding hydrogens is 340 g/mol. The largest absolute Gasteiger partial charge is 0.465 e. The highest BCUT2D eigenvalue weighted by Gasteiger charge is 2.16. The van der Waals surface area contributed by atoms with Crippen molar-refractivity contribution in [2.45, 2.75) is 0 Å². The summed E-state index contributed by atoms with van der Waals surface area (Å²) in [7, 11) is 1.32. The summed E-state index contributed by atoms with van der Waals surface area (Å²) < 4.78 is 5.32. The van der Waals surface area contributed by atoms with Gasteiger partial charge >= 0.3 is 5.97 Å². The highest BCUT2D eigenvalue weighted by Crippen LogP contribution is 2.36. The first kappa shape index (κ1) is 15.4. The van der Waals surface area contributed by atoms with Crippen LogP contribution in [0.1, 0.15) is 10.4 Å². The molecule has 8 heteroatoms. The van der Waals surface area contributed by atoms with E-state index in [1.165, 1.54) is 30.6 Å². The van der Waals surface area contributed by atoms with Gasteiger partial charge in [0.05, 0.1) is 27.8 Å². The minimum absolute atomic E-state index is 0.0559. The average Bonchev–Trinajstić information content (AvgIpc) is 2.96. The zero-order chi connectivity index (χ0) is 16.6. The standard InChI is InChI=1S/C15H9ClN2O4S/c1-22-15(19)9-4-2-8(3-5-9)14-17-11-6-10(16)12(18(20)21)7-13(11)23-14/h2-7H,1H3. The maximum atomic E-state index is 11.4. The maximum Gasteiger partial charge on any atom is 0.337 e. The number of halogens is 1. The summed E-state index contributed by atoms with van der Waals surface area (Å²) in [4.78, 5) is 26.3. The van der Waals surface area contributed by atoms with Gasteiger partial charge in [0.2, 0.25) is 0 Å². The minimum Gasteiger partial charge on any atom is -0.465 e. The molecule has 2 aromatic carbocycles. The first-order valence-electron chi connectivity index (χ1n) is 6.43. The molecule has 0 fully saturated rings. The fourth-order valence-corrected chi connectivity index (χ4v) is 3.28. The number of nitro groups is 1. The van der Waals surface area contributed by atoms with Gasteiger partial charge < -0.3 is 4.74 Å². The Morgan fingerprint density at radius 2 is 2.00 bits per heavy atom. The van der Waals surface area contributed by atoms with Crippen LogP contribution in [0, 0.1) is 10.1 Å². The van der Waals surface area contributed by atoms with E-state index in [4.69, 9.17) is 11.6 Å². The van der Waals surface area contributed by atoms with Crippen LogP contribution in [-0.4, -0.2) is 23.0 Å². The van der Waals surface area contributed by atoms with Crippen LogP contribution in [0.25, 0.3) is 20.8 Å². The van der Waals surface area contributed by atoms with E-state index in [-0.39, 0.29) is 10.7 Å². The van der Waals surface area contributed by atoms with E-state index >= 15 is 0 Å². The van der Waals surface area contributed by atoms with E-state index in [0.29, 0.717) is 20.8 Å². The Bertz CT molecular complexity index is 921. The van der Waals surface area contributed by atoms with Crippen molar-refractivity contribution in [3.63, 3.8) is 0 Å². The predicted octanol–water partition coefficient (Wildman–Crippen LogP) is 4.31. The molecule has 0 bridgehead atoms. The lowest BCUT2D eigenvalue weighted by molar-refractivity contribution is -0.384. The number of aromatic nitrogens is 1. The lowest BCUT2D eigenvalue weighted by atomic mass is 10.1. The van der Waals surface area contributed by atoms with E-state index in [0.717, 1.165) is 5.56 Å². The summed E-state index contributed by atoms with van der Waals surface area (Å²) in [6, 6.07) is 9.69. The summed E-state index contributed by atoms with van der Waals surface area (Å²) in [5.41, 5.74) is 1.70. The van der Waals surface area contributed by atoms with E-state index in [1.807, 2.05) is 0 Å². The molecule has 0 aliphatic carbocycles. The van der Waals surface area contributed by atoms with E-state index in [2.05, 4.69) is 9.72 Å². The quantitative estimate of drug-likeness (QED) is 0.400. The van der Waals surface area contributed by atoms with Gasteiger partial charge in [0.25, 0.3) is 5.69 Å². The van der Waals surface area contributed by atoms with Gasteiger partial charge in [0.1, 0.15) is 10.0 Å². The molecule has 116 valence electrons. The number of esters is 1. The van der Waals surface area contributed by atoms with Crippen molar-refractivity contribution in [2.24, 2.45) is 0 Å². The summed E-state index contributed by atoms with van der Waals surface area (Å²) in [6.45, 7) is 0. The molecule has 3 rings (SSSR count). The van der Waals surface area contributed by atoms with Crippen molar-refractivity contribution in [1.29, 1.82) is 0 Å². The summed E-state index contributed by atoms with van der Waals surface area (Å²) in [5.74, 6) is -0.414. The van der Waals surface area contributed by atoms with Gasteiger partial charge in [-0.15, -0.1) is 11.3 Å². The number of ether oxygens (including phenoxy) is 1. The van der Waals surface area contributed by atoms with Crippen LogP contribution in [0.3, 0.4) is 0 Å². The maximum absolute atomic E-state index is 11.4. The Morgan fingerprint density at radius 1 is 1.30 bits per heavy atom. The molecule has 0 atom stereocenters. The molecular formula is C15H9ClN2O4S. The fourth-order valence-electron chi connectivity index (χ4n) is 2.07. The fraction of sp³-hybridized carbons (Fsp3) is 0.0667. The predicted molar refractivity (Wildman–Crippen MR) is 88.1 cm³/mol. The number of nitrogens with zero attached hydrogens (tertiary/aromatic N) is 2. The van der Waals surface area contributed by atoms with E-state index < -0.39 is 10.9 Å². The monoisotopic (exact) mass is 348 g/mol. The molecule has 0 amide bonds. The van der Waals surface area contributed by atoms with E-state index in [9.17, 15) is 14.9 Å². The zero-order valence-electron chi connectivity index (χ0n) is 11.8. The molecule has 0 unspecified atom stereocenters. The van der Waals surface area contributed by atoms with Gasteiger partial charge in [0, 0.05) is 11.6 Å².